The molecule has 1 N–H and O–H groups in total. The molecule has 3 heterocycles. The molecule has 0 spiro atoms. The lowest BCUT2D eigenvalue weighted by Gasteiger charge is -2.25. The molecule has 2 aromatic heterocycles. The maximum Gasteiger partial charge on any atom is 0.243 e. The minimum absolute atomic E-state index is 0.0503. The number of hydrogen-bond donors (Lipinski definition) is 1. The topological polar surface area (TPSA) is 140 Å². The molecule has 1 aromatic carbocycles. The summed E-state index contributed by atoms with van der Waals surface area (Å²) in [5, 5.41) is 7.73. The van der Waals surface area contributed by atoms with Crippen LogP contribution in [-0.2, 0) is 19.5 Å². The van der Waals surface area contributed by atoms with Gasteiger partial charge in [-0.25, -0.2) is 18.4 Å². The van der Waals surface area contributed by atoms with Crippen LogP contribution in [0.15, 0.2) is 30.6 Å². The number of sulfonamides is 1. The van der Waals surface area contributed by atoms with Crippen LogP contribution in [0, 0.1) is 0 Å². The summed E-state index contributed by atoms with van der Waals surface area (Å²) < 4.78 is 53.9. The van der Waals surface area contributed by atoms with Crippen molar-refractivity contribution in [3.63, 3.8) is 0 Å². The third-order valence-corrected chi connectivity index (χ3v) is 7.97. The molecule has 1 fully saturated rings. The Kier molecular flexibility index (Phi) is 8.47. The number of nitrogens with zero attached hydrogens (tertiary/aromatic N) is 5. The van der Waals surface area contributed by atoms with Gasteiger partial charge in [-0.2, -0.15) is 0 Å². The van der Waals surface area contributed by atoms with E-state index in [2.05, 4.69) is 24.9 Å². The van der Waals surface area contributed by atoms with Crippen LogP contribution >= 0.6 is 11.6 Å². The highest BCUT2D eigenvalue weighted by molar-refractivity contribution is 7.93. The summed E-state index contributed by atoms with van der Waals surface area (Å²) >= 11 is 5.88. The van der Waals surface area contributed by atoms with Crippen molar-refractivity contribution >= 4 is 27.6 Å². The van der Waals surface area contributed by atoms with Crippen molar-refractivity contribution in [2.75, 3.05) is 32.7 Å². The lowest BCUT2D eigenvalue weighted by molar-refractivity contribution is 0.00839. The van der Waals surface area contributed by atoms with Crippen LogP contribution < -0.4 is 14.2 Å². The number of aromatic nitrogens is 5. The molecule has 200 valence electrons. The number of nitrogens with one attached hydrogen (secondary N) is 1. The molecule has 0 radical (unpaired) electrons. The summed E-state index contributed by atoms with van der Waals surface area (Å²) in [5.74, 6) is 1.43. The van der Waals surface area contributed by atoms with E-state index in [4.69, 9.17) is 30.5 Å². The molecule has 0 saturated carbocycles. The van der Waals surface area contributed by atoms with Crippen LogP contribution in [0.5, 0.6) is 11.5 Å². The van der Waals surface area contributed by atoms with Crippen LogP contribution in [0.2, 0.25) is 5.02 Å². The first-order valence-electron chi connectivity index (χ1n) is 11.6. The zero-order valence-corrected chi connectivity index (χ0v) is 22.5. The molecule has 4 rings (SSSR count). The minimum Gasteiger partial charge on any atom is -0.494 e. The highest BCUT2D eigenvalue weighted by Gasteiger charge is 2.36. The summed E-state index contributed by atoms with van der Waals surface area (Å²) in [4.78, 5) is 8.25. The molecule has 1 saturated heterocycles. The average Bonchev–Trinajstić information content (AvgIpc) is 3.32. The van der Waals surface area contributed by atoms with Crippen molar-refractivity contribution < 1.29 is 27.4 Å². The molecule has 3 aromatic rings. The predicted molar refractivity (Wildman–Crippen MR) is 136 cm³/mol. The second kappa shape index (κ2) is 11.6. The largest absolute Gasteiger partial charge is 0.494 e. The highest BCUT2D eigenvalue weighted by Crippen LogP contribution is 2.39. The summed E-state index contributed by atoms with van der Waals surface area (Å²) in [7, 11) is 0.310. The van der Waals surface area contributed by atoms with Crippen LogP contribution in [0.4, 0.5) is 5.95 Å². The predicted octanol–water partition coefficient (Wildman–Crippen LogP) is 3.49. The van der Waals surface area contributed by atoms with Crippen molar-refractivity contribution in [3.05, 3.63) is 47.3 Å². The Balaban J connectivity index is 1.78. The van der Waals surface area contributed by atoms with E-state index in [1.165, 1.54) is 40.6 Å². The molecule has 3 atom stereocenters. The molecule has 12 nitrogen and oxygen atoms in total. The van der Waals surface area contributed by atoms with Crippen LogP contribution in [0.3, 0.4) is 0 Å². The van der Waals surface area contributed by atoms with E-state index >= 15 is 0 Å². The van der Waals surface area contributed by atoms with Gasteiger partial charge in [0.05, 0.1) is 19.2 Å². The summed E-state index contributed by atoms with van der Waals surface area (Å²) in [5.41, 5.74) is 0.441. The van der Waals surface area contributed by atoms with Gasteiger partial charge < -0.3 is 18.9 Å². The minimum atomic E-state index is -4.10. The fraction of sp³-hybridized carbons (Fsp3) is 0.478. The number of hydrogen-bond acceptors (Lipinski definition) is 10. The quantitative estimate of drug-likeness (QED) is 0.397. The number of halogens is 1. The van der Waals surface area contributed by atoms with Crippen molar-refractivity contribution in [1.29, 1.82) is 0 Å². The molecular weight excluding hydrogens is 524 g/mol. The normalized spacial score (nSPS) is 17.7. The number of methoxy groups -OCH3 is 3. The van der Waals surface area contributed by atoms with Crippen LogP contribution in [0.25, 0.3) is 5.69 Å². The lowest BCUT2D eigenvalue weighted by atomic mass is 10.1. The molecule has 0 aliphatic carbocycles. The number of benzene rings is 1. The Morgan fingerprint density at radius 2 is 1.78 bits per heavy atom. The van der Waals surface area contributed by atoms with Gasteiger partial charge in [-0.15, -0.1) is 10.2 Å². The van der Waals surface area contributed by atoms with Crippen LogP contribution in [0.1, 0.15) is 50.0 Å². The van der Waals surface area contributed by atoms with Gasteiger partial charge in [-0.1, -0.05) is 17.7 Å². The maximum atomic E-state index is 13.6. The molecule has 1 aliphatic heterocycles. The van der Waals surface area contributed by atoms with E-state index in [9.17, 15) is 8.42 Å². The zero-order chi connectivity index (χ0) is 26.6. The second-order valence-corrected chi connectivity index (χ2v) is 10.8. The van der Waals surface area contributed by atoms with E-state index < -0.39 is 21.4 Å². The standard InChI is InChI=1S/C23H29ClN6O6S/c1-14(20(35-4)21-25-12-15(24)13-26-21)37(31,32)29-23-28-27-22(18-8-5-6-11-36-18)30(23)19-16(33-2)9-7-10-17(19)34-3/h7,9-10,12-14,18,20H,5-6,8,11H2,1-4H3,(H,28,29)/t14?,18-,20?/m0/s1. The van der Waals surface area contributed by atoms with Crippen molar-refractivity contribution in [1.82, 2.24) is 24.7 Å². The monoisotopic (exact) mass is 552 g/mol. The first kappa shape index (κ1) is 27.0. The smallest absolute Gasteiger partial charge is 0.243 e. The van der Waals surface area contributed by atoms with Crippen LogP contribution in [-0.4, -0.2) is 66.3 Å². The molecule has 37 heavy (non-hydrogen) atoms. The summed E-state index contributed by atoms with van der Waals surface area (Å²) in [6.07, 6.45) is 3.97. The number of ether oxygens (including phenoxy) is 4. The van der Waals surface area contributed by atoms with Crippen molar-refractivity contribution in [3.8, 4) is 17.2 Å². The van der Waals surface area contributed by atoms with E-state index in [-0.39, 0.29) is 17.9 Å². The van der Waals surface area contributed by atoms with Gasteiger partial charge in [0.1, 0.15) is 34.6 Å². The third-order valence-electron chi connectivity index (χ3n) is 6.08. The molecule has 2 unspecified atom stereocenters. The van der Waals surface area contributed by atoms with Gasteiger partial charge in [-0.05, 0) is 38.3 Å². The fourth-order valence-electron chi connectivity index (χ4n) is 4.15. The van der Waals surface area contributed by atoms with E-state index in [0.29, 0.717) is 41.1 Å². The lowest BCUT2D eigenvalue weighted by Crippen LogP contribution is -2.33. The first-order chi connectivity index (χ1) is 17.8. The summed E-state index contributed by atoms with van der Waals surface area (Å²) in [6.45, 7) is 2.05. The van der Waals surface area contributed by atoms with E-state index in [1.54, 1.807) is 22.8 Å². The number of para-hydroxylation sites is 1. The molecule has 14 heteroatoms. The highest BCUT2D eigenvalue weighted by atomic mass is 35.5. The Bertz CT molecular complexity index is 1290. The Morgan fingerprint density at radius 1 is 1.11 bits per heavy atom. The van der Waals surface area contributed by atoms with Gasteiger partial charge in [-0.3, -0.25) is 9.29 Å². The Hall–Kier alpha value is -3.00. The van der Waals surface area contributed by atoms with Gasteiger partial charge in [0.15, 0.2) is 11.6 Å². The maximum absolute atomic E-state index is 13.6. The van der Waals surface area contributed by atoms with E-state index in [1.807, 2.05) is 0 Å². The molecule has 0 bridgehead atoms. The van der Waals surface area contributed by atoms with Gasteiger partial charge in [0.2, 0.25) is 16.0 Å². The van der Waals surface area contributed by atoms with Crippen molar-refractivity contribution in [2.24, 2.45) is 0 Å². The fourth-order valence-corrected chi connectivity index (χ4v) is 5.38. The van der Waals surface area contributed by atoms with Gasteiger partial charge in [0, 0.05) is 26.1 Å². The van der Waals surface area contributed by atoms with Gasteiger partial charge in [0.25, 0.3) is 0 Å². The third kappa shape index (κ3) is 5.64. The van der Waals surface area contributed by atoms with Crippen molar-refractivity contribution in [2.45, 2.75) is 43.6 Å². The second-order valence-electron chi connectivity index (χ2n) is 8.35. The Morgan fingerprint density at radius 3 is 2.35 bits per heavy atom. The number of rotatable bonds is 10. The molecule has 1 aliphatic rings. The number of anilines is 1. The Labute approximate surface area is 220 Å². The first-order valence-corrected chi connectivity index (χ1v) is 13.5. The zero-order valence-electron chi connectivity index (χ0n) is 20.9. The van der Waals surface area contributed by atoms with Gasteiger partial charge >= 0.3 is 0 Å². The van der Waals surface area contributed by atoms with E-state index in [0.717, 1.165) is 12.8 Å². The summed E-state index contributed by atoms with van der Waals surface area (Å²) in [6, 6.07) is 5.25. The SMILES string of the molecule is COc1cccc(OC)c1-n1c(NS(=O)(=O)C(C)C(OC)c2ncc(Cl)cn2)nnc1[C@@H]1CCCCO1. The molecule has 0 amide bonds. The average molecular weight is 553 g/mol. The molecular formula is C23H29ClN6O6S.